The molecular formula is C16H26Cl2F2N2. The molecule has 0 aliphatic carbocycles. The average Bonchev–Trinajstić information content (AvgIpc) is 2.48. The summed E-state index contributed by atoms with van der Waals surface area (Å²) < 4.78 is 28.1. The summed E-state index contributed by atoms with van der Waals surface area (Å²) in [5.74, 6) is -1.36. The van der Waals surface area contributed by atoms with Crippen molar-refractivity contribution >= 4 is 24.8 Å². The Bertz CT molecular complexity index is 452. The molecule has 0 spiro atoms. The topological polar surface area (TPSA) is 15.3 Å². The zero-order chi connectivity index (χ0) is 14.5. The van der Waals surface area contributed by atoms with Crippen molar-refractivity contribution in [3.05, 3.63) is 34.9 Å². The molecule has 0 radical (unpaired) electrons. The fourth-order valence-electron chi connectivity index (χ4n) is 2.84. The molecule has 0 bridgehead atoms. The minimum absolute atomic E-state index is 0. The van der Waals surface area contributed by atoms with Crippen LogP contribution in [-0.4, -0.2) is 31.1 Å². The number of piperazine rings is 1. The van der Waals surface area contributed by atoms with Crippen LogP contribution >= 0.6 is 24.8 Å². The van der Waals surface area contributed by atoms with Gasteiger partial charge in [-0.05, 0) is 18.9 Å². The summed E-state index contributed by atoms with van der Waals surface area (Å²) in [4.78, 5) is 2.28. The number of nitrogens with one attached hydrogen (secondary N) is 1. The molecule has 1 saturated heterocycles. The molecule has 1 heterocycles. The summed E-state index contributed by atoms with van der Waals surface area (Å²) in [7, 11) is 0. The van der Waals surface area contributed by atoms with Gasteiger partial charge in [0.05, 0.1) is 0 Å². The maximum Gasteiger partial charge on any atom is 0.163 e. The number of hydrogen-bond donors (Lipinski definition) is 1. The third-order valence-corrected chi connectivity index (χ3v) is 4.09. The molecule has 0 unspecified atom stereocenters. The zero-order valence-electron chi connectivity index (χ0n) is 13.2. The molecule has 1 fully saturated rings. The van der Waals surface area contributed by atoms with E-state index < -0.39 is 11.6 Å². The highest BCUT2D eigenvalue weighted by Crippen LogP contribution is 2.30. The van der Waals surface area contributed by atoms with Gasteiger partial charge in [-0.25, -0.2) is 8.78 Å². The van der Waals surface area contributed by atoms with Gasteiger partial charge in [0.15, 0.2) is 11.6 Å². The fourth-order valence-corrected chi connectivity index (χ4v) is 2.84. The van der Waals surface area contributed by atoms with E-state index >= 15 is 0 Å². The van der Waals surface area contributed by atoms with Crippen LogP contribution in [0.1, 0.15) is 43.4 Å². The number of aryl methyl sites for hydroxylation is 1. The van der Waals surface area contributed by atoms with E-state index in [-0.39, 0.29) is 30.9 Å². The summed E-state index contributed by atoms with van der Waals surface area (Å²) >= 11 is 0. The number of nitrogens with zero attached hydrogens (tertiary/aromatic N) is 1. The lowest BCUT2D eigenvalue weighted by Crippen LogP contribution is -2.45. The lowest BCUT2D eigenvalue weighted by atomic mass is 9.97. The van der Waals surface area contributed by atoms with Crippen LogP contribution in [0.15, 0.2) is 12.1 Å². The van der Waals surface area contributed by atoms with Gasteiger partial charge in [0.25, 0.3) is 0 Å². The van der Waals surface area contributed by atoms with E-state index in [1.165, 1.54) is 0 Å². The predicted octanol–water partition coefficient (Wildman–Crippen LogP) is 4.25. The minimum Gasteiger partial charge on any atom is -0.314 e. The first kappa shape index (κ1) is 21.6. The Kier molecular flexibility index (Phi) is 10.2. The number of rotatable bonds is 5. The average molecular weight is 355 g/mol. The Hall–Kier alpha value is -0.420. The summed E-state index contributed by atoms with van der Waals surface area (Å²) in [6.07, 6.45) is 2.98. The van der Waals surface area contributed by atoms with Crippen LogP contribution in [0.4, 0.5) is 8.78 Å². The van der Waals surface area contributed by atoms with E-state index in [1.54, 1.807) is 19.1 Å². The van der Waals surface area contributed by atoms with Crippen molar-refractivity contribution in [1.82, 2.24) is 10.2 Å². The second kappa shape index (κ2) is 10.4. The van der Waals surface area contributed by atoms with Crippen molar-refractivity contribution in [3.8, 4) is 0 Å². The van der Waals surface area contributed by atoms with E-state index in [0.29, 0.717) is 11.1 Å². The molecule has 1 aliphatic heterocycles. The first-order valence-electron chi connectivity index (χ1n) is 7.54. The molecule has 2 rings (SSSR count). The molecule has 22 heavy (non-hydrogen) atoms. The van der Waals surface area contributed by atoms with Crippen LogP contribution < -0.4 is 5.32 Å². The smallest absolute Gasteiger partial charge is 0.163 e. The van der Waals surface area contributed by atoms with E-state index in [1.807, 2.05) is 0 Å². The molecule has 1 N–H and O–H groups in total. The molecule has 0 amide bonds. The maximum absolute atomic E-state index is 14.3. The van der Waals surface area contributed by atoms with Crippen LogP contribution in [0.2, 0.25) is 0 Å². The highest BCUT2D eigenvalue weighted by molar-refractivity contribution is 5.85. The Balaban J connectivity index is 0.00000220. The summed E-state index contributed by atoms with van der Waals surface area (Å²) in [6.45, 7) is 7.35. The first-order chi connectivity index (χ1) is 9.65. The summed E-state index contributed by atoms with van der Waals surface area (Å²) in [5, 5.41) is 3.30. The first-order valence-corrected chi connectivity index (χ1v) is 7.54. The van der Waals surface area contributed by atoms with Crippen molar-refractivity contribution in [2.75, 3.05) is 26.2 Å². The largest absolute Gasteiger partial charge is 0.314 e. The number of benzene rings is 1. The second-order valence-corrected chi connectivity index (χ2v) is 5.54. The minimum atomic E-state index is -0.695. The number of halogens is 4. The van der Waals surface area contributed by atoms with Gasteiger partial charge >= 0.3 is 0 Å². The normalized spacial score (nSPS) is 16.5. The Morgan fingerprint density at radius 2 is 1.77 bits per heavy atom. The molecule has 1 aromatic rings. The van der Waals surface area contributed by atoms with Gasteiger partial charge in [0.1, 0.15) is 0 Å². The van der Waals surface area contributed by atoms with Crippen molar-refractivity contribution in [2.24, 2.45) is 0 Å². The SMILES string of the molecule is CCCC[C@@H](c1ccc(C)c(F)c1F)N1CCNCC1.Cl.Cl. The fraction of sp³-hybridized carbons (Fsp3) is 0.625. The number of unbranched alkanes of at least 4 members (excludes halogenated alkanes) is 1. The van der Waals surface area contributed by atoms with Gasteiger partial charge in [-0.3, -0.25) is 4.90 Å². The van der Waals surface area contributed by atoms with Crippen LogP contribution in [0, 0.1) is 18.6 Å². The highest BCUT2D eigenvalue weighted by atomic mass is 35.5. The molecule has 0 aromatic heterocycles. The van der Waals surface area contributed by atoms with Gasteiger partial charge in [-0.1, -0.05) is 31.9 Å². The molecular weight excluding hydrogens is 329 g/mol. The zero-order valence-corrected chi connectivity index (χ0v) is 14.8. The van der Waals surface area contributed by atoms with Crippen LogP contribution in [0.3, 0.4) is 0 Å². The van der Waals surface area contributed by atoms with Crippen LogP contribution in [-0.2, 0) is 0 Å². The van der Waals surface area contributed by atoms with Gasteiger partial charge in [-0.15, -0.1) is 24.8 Å². The lowest BCUT2D eigenvalue weighted by Gasteiger charge is -2.35. The third-order valence-electron chi connectivity index (χ3n) is 4.09. The third kappa shape index (κ3) is 5.05. The Morgan fingerprint density at radius 3 is 2.36 bits per heavy atom. The standard InChI is InChI=1S/C16H24F2N2.2ClH/c1-3-4-5-14(20-10-8-19-9-11-20)13-7-6-12(2)15(17)16(13)18;;/h6-7,14,19H,3-5,8-11H2,1-2H3;2*1H/t14-;;/m0../s1. The molecule has 1 aliphatic rings. The quantitative estimate of drug-likeness (QED) is 0.849. The van der Waals surface area contributed by atoms with Crippen molar-refractivity contribution in [3.63, 3.8) is 0 Å². The molecule has 1 aromatic carbocycles. The van der Waals surface area contributed by atoms with Gasteiger partial charge in [-0.2, -0.15) is 0 Å². The van der Waals surface area contributed by atoms with Crippen LogP contribution in [0.5, 0.6) is 0 Å². The predicted molar refractivity (Wildman–Crippen MR) is 92.3 cm³/mol. The van der Waals surface area contributed by atoms with Gasteiger partial charge in [0.2, 0.25) is 0 Å². The van der Waals surface area contributed by atoms with E-state index in [2.05, 4.69) is 17.1 Å². The monoisotopic (exact) mass is 354 g/mol. The van der Waals surface area contributed by atoms with Gasteiger partial charge < -0.3 is 5.32 Å². The summed E-state index contributed by atoms with van der Waals surface area (Å²) in [6, 6.07) is 3.44. The van der Waals surface area contributed by atoms with E-state index in [0.717, 1.165) is 45.4 Å². The van der Waals surface area contributed by atoms with E-state index in [4.69, 9.17) is 0 Å². The maximum atomic E-state index is 14.3. The Labute approximate surface area is 144 Å². The lowest BCUT2D eigenvalue weighted by molar-refractivity contribution is 0.159. The highest BCUT2D eigenvalue weighted by Gasteiger charge is 2.25. The molecule has 6 heteroatoms. The van der Waals surface area contributed by atoms with Crippen molar-refractivity contribution in [1.29, 1.82) is 0 Å². The molecule has 0 saturated carbocycles. The number of hydrogen-bond acceptors (Lipinski definition) is 2. The Morgan fingerprint density at radius 1 is 1.14 bits per heavy atom. The second-order valence-electron chi connectivity index (χ2n) is 5.54. The van der Waals surface area contributed by atoms with Crippen molar-refractivity contribution < 1.29 is 8.78 Å². The van der Waals surface area contributed by atoms with Gasteiger partial charge in [0, 0.05) is 37.8 Å². The van der Waals surface area contributed by atoms with Crippen molar-refractivity contribution in [2.45, 2.75) is 39.2 Å². The molecule has 128 valence electrons. The molecule has 2 nitrogen and oxygen atoms in total. The van der Waals surface area contributed by atoms with Crippen LogP contribution in [0.25, 0.3) is 0 Å². The van der Waals surface area contributed by atoms with E-state index in [9.17, 15) is 8.78 Å². The molecule has 1 atom stereocenters. The summed E-state index contributed by atoms with van der Waals surface area (Å²) in [5.41, 5.74) is 0.893.